The number of aliphatic carboxylic acids is 1. The SMILES string of the molecule is O=C(O)C#Cc1ccccc1C1CCC1. The number of hydrogen-bond donors (Lipinski definition) is 1. The fourth-order valence-corrected chi connectivity index (χ4v) is 1.81. The Morgan fingerprint density at radius 3 is 2.67 bits per heavy atom. The van der Waals surface area contributed by atoms with Gasteiger partial charge >= 0.3 is 5.97 Å². The Labute approximate surface area is 88.9 Å². The van der Waals surface area contributed by atoms with E-state index in [4.69, 9.17) is 5.11 Å². The van der Waals surface area contributed by atoms with Gasteiger partial charge in [0.1, 0.15) is 0 Å². The van der Waals surface area contributed by atoms with E-state index in [0.29, 0.717) is 5.92 Å². The molecule has 1 aromatic carbocycles. The summed E-state index contributed by atoms with van der Waals surface area (Å²) < 4.78 is 0. The van der Waals surface area contributed by atoms with Crippen LogP contribution in [-0.4, -0.2) is 11.1 Å². The lowest BCUT2D eigenvalue weighted by Crippen LogP contribution is -2.10. The van der Waals surface area contributed by atoms with Crippen LogP contribution in [0.1, 0.15) is 36.3 Å². The van der Waals surface area contributed by atoms with Gasteiger partial charge in [0.05, 0.1) is 0 Å². The van der Waals surface area contributed by atoms with Crippen LogP contribution in [0.15, 0.2) is 24.3 Å². The molecule has 1 aliphatic carbocycles. The van der Waals surface area contributed by atoms with Crippen LogP contribution in [0.25, 0.3) is 0 Å². The van der Waals surface area contributed by atoms with E-state index in [0.717, 1.165) is 5.56 Å². The summed E-state index contributed by atoms with van der Waals surface area (Å²) in [7, 11) is 0. The smallest absolute Gasteiger partial charge is 0.382 e. The molecule has 0 amide bonds. The summed E-state index contributed by atoms with van der Waals surface area (Å²) in [5, 5.41) is 8.50. The molecule has 1 aromatic rings. The van der Waals surface area contributed by atoms with E-state index in [1.807, 2.05) is 18.2 Å². The Balaban J connectivity index is 2.30. The van der Waals surface area contributed by atoms with E-state index < -0.39 is 5.97 Å². The van der Waals surface area contributed by atoms with Gasteiger partial charge in [-0.1, -0.05) is 30.5 Å². The molecule has 0 radical (unpaired) electrons. The molecule has 0 heterocycles. The highest BCUT2D eigenvalue weighted by Crippen LogP contribution is 2.37. The Morgan fingerprint density at radius 1 is 1.33 bits per heavy atom. The van der Waals surface area contributed by atoms with Crippen LogP contribution in [0.5, 0.6) is 0 Å². The third-order valence-electron chi connectivity index (χ3n) is 2.81. The largest absolute Gasteiger partial charge is 0.472 e. The fraction of sp³-hybridized carbons (Fsp3) is 0.308. The van der Waals surface area contributed by atoms with Crippen LogP contribution < -0.4 is 0 Å². The summed E-state index contributed by atoms with van der Waals surface area (Å²) in [6.45, 7) is 0. The first-order chi connectivity index (χ1) is 7.27. The minimum atomic E-state index is -1.07. The maximum atomic E-state index is 10.4. The summed E-state index contributed by atoms with van der Waals surface area (Å²) in [5.74, 6) is 4.40. The van der Waals surface area contributed by atoms with Crippen molar-refractivity contribution in [1.82, 2.24) is 0 Å². The lowest BCUT2D eigenvalue weighted by atomic mass is 9.78. The maximum absolute atomic E-state index is 10.4. The Bertz CT molecular complexity index is 433. The molecule has 0 bridgehead atoms. The molecule has 0 saturated heterocycles. The van der Waals surface area contributed by atoms with Crippen LogP contribution in [0.2, 0.25) is 0 Å². The summed E-state index contributed by atoms with van der Waals surface area (Å²) in [4.78, 5) is 10.4. The number of benzene rings is 1. The molecule has 2 rings (SSSR count). The van der Waals surface area contributed by atoms with E-state index in [-0.39, 0.29) is 0 Å². The maximum Gasteiger partial charge on any atom is 0.382 e. The third kappa shape index (κ3) is 2.19. The van der Waals surface area contributed by atoms with Crippen LogP contribution in [0, 0.1) is 11.8 Å². The van der Waals surface area contributed by atoms with Crippen LogP contribution in [-0.2, 0) is 4.79 Å². The van der Waals surface area contributed by atoms with Gasteiger partial charge in [0.15, 0.2) is 0 Å². The molecule has 1 N–H and O–H groups in total. The Morgan fingerprint density at radius 2 is 2.07 bits per heavy atom. The number of carboxylic acid groups (broad SMARTS) is 1. The lowest BCUT2D eigenvalue weighted by molar-refractivity contribution is -0.130. The van der Waals surface area contributed by atoms with Crippen LogP contribution >= 0.6 is 0 Å². The van der Waals surface area contributed by atoms with Crippen molar-refractivity contribution in [2.24, 2.45) is 0 Å². The van der Waals surface area contributed by atoms with E-state index in [9.17, 15) is 4.79 Å². The number of carboxylic acids is 1. The van der Waals surface area contributed by atoms with Crippen molar-refractivity contribution >= 4 is 5.97 Å². The summed E-state index contributed by atoms with van der Waals surface area (Å²) in [6.07, 6.45) is 3.67. The molecule has 0 unspecified atom stereocenters. The van der Waals surface area contributed by atoms with Gasteiger partial charge in [0.25, 0.3) is 0 Å². The second-order valence-electron chi connectivity index (χ2n) is 3.77. The molecular weight excluding hydrogens is 188 g/mol. The molecule has 1 fully saturated rings. The second-order valence-corrected chi connectivity index (χ2v) is 3.77. The zero-order valence-electron chi connectivity index (χ0n) is 8.36. The van der Waals surface area contributed by atoms with Crippen LogP contribution in [0.3, 0.4) is 0 Å². The highest BCUT2D eigenvalue weighted by atomic mass is 16.4. The molecule has 0 aromatic heterocycles. The first kappa shape index (κ1) is 9.79. The standard InChI is InChI=1S/C13H12O2/c14-13(15)9-8-11-4-1-2-7-12(11)10-5-3-6-10/h1-2,4,7,10H,3,5-6H2,(H,14,15). The quantitative estimate of drug-likeness (QED) is 0.707. The summed E-state index contributed by atoms with van der Waals surface area (Å²) in [6, 6.07) is 7.83. The van der Waals surface area contributed by atoms with Gasteiger partial charge in [0, 0.05) is 11.5 Å². The summed E-state index contributed by atoms with van der Waals surface area (Å²) in [5.41, 5.74) is 2.07. The number of rotatable bonds is 1. The highest BCUT2D eigenvalue weighted by molar-refractivity contribution is 5.87. The third-order valence-corrected chi connectivity index (χ3v) is 2.81. The van der Waals surface area contributed by atoms with Crippen molar-refractivity contribution in [2.75, 3.05) is 0 Å². The zero-order valence-corrected chi connectivity index (χ0v) is 8.36. The predicted molar refractivity (Wildman–Crippen MR) is 57.5 cm³/mol. The molecule has 15 heavy (non-hydrogen) atoms. The van der Waals surface area contributed by atoms with Crippen molar-refractivity contribution in [3.8, 4) is 11.8 Å². The average molecular weight is 200 g/mol. The minimum Gasteiger partial charge on any atom is -0.472 e. The molecule has 1 aliphatic rings. The highest BCUT2D eigenvalue weighted by Gasteiger charge is 2.21. The normalized spacial score (nSPS) is 14.9. The lowest BCUT2D eigenvalue weighted by Gasteiger charge is -2.26. The van der Waals surface area contributed by atoms with E-state index in [1.165, 1.54) is 24.8 Å². The molecule has 2 nitrogen and oxygen atoms in total. The Kier molecular flexibility index (Phi) is 2.73. The molecule has 0 aliphatic heterocycles. The summed E-state index contributed by atoms with van der Waals surface area (Å²) >= 11 is 0. The van der Waals surface area contributed by atoms with Gasteiger partial charge in [0.2, 0.25) is 0 Å². The van der Waals surface area contributed by atoms with Crippen molar-refractivity contribution < 1.29 is 9.90 Å². The number of hydrogen-bond acceptors (Lipinski definition) is 1. The van der Waals surface area contributed by atoms with Gasteiger partial charge < -0.3 is 5.11 Å². The predicted octanol–water partition coefficient (Wildman–Crippen LogP) is 2.39. The van der Waals surface area contributed by atoms with Crippen molar-refractivity contribution in [1.29, 1.82) is 0 Å². The monoisotopic (exact) mass is 200 g/mol. The van der Waals surface area contributed by atoms with Gasteiger partial charge in [-0.2, -0.15) is 0 Å². The van der Waals surface area contributed by atoms with Gasteiger partial charge in [-0.15, -0.1) is 0 Å². The zero-order chi connectivity index (χ0) is 10.7. The topological polar surface area (TPSA) is 37.3 Å². The molecule has 0 atom stereocenters. The van der Waals surface area contributed by atoms with Gasteiger partial charge in [-0.3, -0.25) is 0 Å². The van der Waals surface area contributed by atoms with E-state index in [2.05, 4.69) is 17.9 Å². The number of carbonyl (C=O) groups is 1. The molecule has 76 valence electrons. The molecular formula is C13H12O2. The van der Waals surface area contributed by atoms with Gasteiger partial charge in [-0.05, 0) is 30.4 Å². The second kappa shape index (κ2) is 4.18. The molecule has 0 spiro atoms. The van der Waals surface area contributed by atoms with E-state index in [1.54, 1.807) is 0 Å². The van der Waals surface area contributed by atoms with Crippen LogP contribution in [0.4, 0.5) is 0 Å². The van der Waals surface area contributed by atoms with Crippen molar-refractivity contribution in [2.45, 2.75) is 25.2 Å². The molecule has 2 heteroatoms. The van der Waals surface area contributed by atoms with Crippen molar-refractivity contribution in [3.05, 3.63) is 35.4 Å². The average Bonchev–Trinajstić information content (AvgIpc) is 2.14. The van der Waals surface area contributed by atoms with E-state index >= 15 is 0 Å². The van der Waals surface area contributed by atoms with Crippen molar-refractivity contribution in [3.63, 3.8) is 0 Å². The van der Waals surface area contributed by atoms with Gasteiger partial charge in [-0.25, -0.2) is 4.79 Å². The fourth-order valence-electron chi connectivity index (χ4n) is 1.81. The molecule has 1 saturated carbocycles. The first-order valence-electron chi connectivity index (χ1n) is 5.11. The first-order valence-corrected chi connectivity index (χ1v) is 5.11. The minimum absolute atomic E-state index is 0.587. The Hall–Kier alpha value is -1.75.